The third kappa shape index (κ3) is 3.59. The van der Waals surface area contributed by atoms with Gasteiger partial charge in [-0.25, -0.2) is 4.98 Å². The first-order chi connectivity index (χ1) is 12.8. The number of benzene rings is 1. The van der Waals surface area contributed by atoms with E-state index in [0.29, 0.717) is 30.2 Å². The Morgan fingerprint density at radius 2 is 2.12 bits per heavy atom. The molecule has 0 aliphatic heterocycles. The van der Waals surface area contributed by atoms with E-state index < -0.39 is 0 Å². The summed E-state index contributed by atoms with van der Waals surface area (Å²) in [5, 5.41) is 2.82. The minimum atomic E-state index is -0.181. The Morgan fingerprint density at radius 1 is 1.15 bits per heavy atom. The summed E-state index contributed by atoms with van der Waals surface area (Å²) in [6.07, 6.45) is 5.44. The zero-order chi connectivity index (χ0) is 17.8. The Labute approximate surface area is 150 Å². The van der Waals surface area contributed by atoms with Crippen LogP contribution < -0.4 is 10.1 Å². The van der Waals surface area contributed by atoms with Crippen molar-refractivity contribution >= 4 is 11.6 Å². The lowest BCUT2D eigenvalue weighted by Crippen LogP contribution is -2.22. The fourth-order valence-electron chi connectivity index (χ4n) is 2.62. The molecule has 6 heteroatoms. The van der Waals surface area contributed by atoms with Crippen molar-refractivity contribution < 1.29 is 13.9 Å². The molecule has 1 amide bonds. The molecule has 26 heavy (non-hydrogen) atoms. The molecule has 0 saturated heterocycles. The van der Waals surface area contributed by atoms with Gasteiger partial charge in [-0.15, -0.1) is 0 Å². The van der Waals surface area contributed by atoms with E-state index in [1.165, 1.54) is 0 Å². The smallest absolute Gasteiger partial charge is 0.251 e. The van der Waals surface area contributed by atoms with Crippen LogP contribution in [0.5, 0.6) is 5.75 Å². The summed E-state index contributed by atoms with van der Waals surface area (Å²) in [5.41, 5.74) is 2.23. The number of amides is 1. The molecular formula is C20H17N3O3. The van der Waals surface area contributed by atoms with E-state index in [-0.39, 0.29) is 5.91 Å². The number of pyridine rings is 1. The van der Waals surface area contributed by atoms with E-state index in [1.807, 2.05) is 47.1 Å². The van der Waals surface area contributed by atoms with Gasteiger partial charge >= 0.3 is 0 Å². The van der Waals surface area contributed by atoms with Gasteiger partial charge in [-0.3, -0.25) is 4.79 Å². The molecule has 0 radical (unpaired) electrons. The van der Waals surface area contributed by atoms with E-state index in [9.17, 15) is 4.79 Å². The van der Waals surface area contributed by atoms with Crippen molar-refractivity contribution in [2.75, 3.05) is 0 Å². The Balaban J connectivity index is 1.39. The van der Waals surface area contributed by atoms with Crippen LogP contribution >= 0.6 is 0 Å². The van der Waals surface area contributed by atoms with Crippen molar-refractivity contribution in [1.29, 1.82) is 0 Å². The number of imidazole rings is 1. The zero-order valence-electron chi connectivity index (χ0n) is 14.0. The number of aromatic nitrogens is 2. The molecular weight excluding hydrogens is 330 g/mol. The monoisotopic (exact) mass is 347 g/mol. The molecule has 0 saturated carbocycles. The molecule has 0 aliphatic carbocycles. The molecule has 4 rings (SSSR count). The topological polar surface area (TPSA) is 68.8 Å². The number of ether oxygens (including phenoxy) is 1. The van der Waals surface area contributed by atoms with E-state index in [1.54, 1.807) is 30.5 Å². The molecule has 0 atom stereocenters. The van der Waals surface area contributed by atoms with Crippen molar-refractivity contribution in [3.05, 3.63) is 90.3 Å². The summed E-state index contributed by atoms with van der Waals surface area (Å²) in [4.78, 5) is 16.8. The maximum absolute atomic E-state index is 12.3. The van der Waals surface area contributed by atoms with Gasteiger partial charge in [0.05, 0.1) is 18.5 Å². The van der Waals surface area contributed by atoms with Crippen molar-refractivity contribution in [1.82, 2.24) is 14.7 Å². The molecule has 0 unspecified atom stereocenters. The van der Waals surface area contributed by atoms with E-state index >= 15 is 0 Å². The highest BCUT2D eigenvalue weighted by Crippen LogP contribution is 2.16. The van der Waals surface area contributed by atoms with Gasteiger partial charge in [0.1, 0.15) is 23.8 Å². The van der Waals surface area contributed by atoms with Crippen LogP contribution in [-0.2, 0) is 13.2 Å². The first kappa shape index (κ1) is 16.0. The first-order valence-electron chi connectivity index (χ1n) is 8.24. The highest BCUT2D eigenvalue weighted by Gasteiger charge is 2.08. The van der Waals surface area contributed by atoms with Crippen LogP contribution in [0.2, 0.25) is 0 Å². The highest BCUT2D eigenvalue weighted by atomic mass is 16.5. The normalized spacial score (nSPS) is 10.8. The summed E-state index contributed by atoms with van der Waals surface area (Å²) >= 11 is 0. The van der Waals surface area contributed by atoms with Crippen LogP contribution in [0.4, 0.5) is 0 Å². The van der Waals surface area contributed by atoms with Gasteiger partial charge in [-0.2, -0.15) is 0 Å². The van der Waals surface area contributed by atoms with Crippen LogP contribution in [0.3, 0.4) is 0 Å². The van der Waals surface area contributed by atoms with Crippen LogP contribution in [0, 0.1) is 0 Å². The number of hydrogen-bond acceptors (Lipinski definition) is 4. The molecule has 0 spiro atoms. The largest absolute Gasteiger partial charge is 0.487 e. The van der Waals surface area contributed by atoms with Crippen molar-refractivity contribution in [2.24, 2.45) is 0 Å². The fourth-order valence-corrected chi connectivity index (χ4v) is 2.62. The van der Waals surface area contributed by atoms with Crippen molar-refractivity contribution in [2.45, 2.75) is 13.2 Å². The highest BCUT2D eigenvalue weighted by molar-refractivity contribution is 5.94. The van der Waals surface area contributed by atoms with Gasteiger partial charge in [0.2, 0.25) is 0 Å². The van der Waals surface area contributed by atoms with Crippen LogP contribution in [0.25, 0.3) is 5.65 Å². The first-order valence-corrected chi connectivity index (χ1v) is 8.24. The zero-order valence-corrected chi connectivity index (χ0v) is 14.0. The Kier molecular flexibility index (Phi) is 4.38. The lowest BCUT2D eigenvalue weighted by atomic mass is 10.2. The Morgan fingerprint density at radius 3 is 2.96 bits per heavy atom. The lowest BCUT2D eigenvalue weighted by Gasteiger charge is -2.07. The number of nitrogens with one attached hydrogen (secondary N) is 1. The minimum absolute atomic E-state index is 0.181. The van der Waals surface area contributed by atoms with Gasteiger partial charge in [0.25, 0.3) is 5.91 Å². The number of furan rings is 1. The second kappa shape index (κ2) is 7.14. The number of rotatable bonds is 6. The van der Waals surface area contributed by atoms with E-state index in [0.717, 1.165) is 11.3 Å². The molecule has 1 aromatic carbocycles. The second-order valence-corrected chi connectivity index (χ2v) is 5.78. The third-order valence-corrected chi connectivity index (χ3v) is 3.90. The van der Waals surface area contributed by atoms with Crippen molar-refractivity contribution in [3.63, 3.8) is 0 Å². The SMILES string of the molecule is O=C(NCc1ccco1)c1cccc(OCc2cn3ccccc3n2)c1. The number of carbonyl (C=O) groups is 1. The maximum Gasteiger partial charge on any atom is 0.251 e. The second-order valence-electron chi connectivity index (χ2n) is 5.78. The summed E-state index contributed by atoms with van der Waals surface area (Å²) < 4.78 is 12.9. The van der Waals surface area contributed by atoms with Gasteiger partial charge in [0.15, 0.2) is 0 Å². The quantitative estimate of drug-likeness (QED) is 0.580. The van der Waals surface area contributed by atoms with Gasteiger partial charge in [-0.05, 0) is 42.5 Å². The Hall–Kier alpha value is -3.54. The standard InChI is InChI=1S/C20H17N3O3/c24-20(21-12-18-7-4-10-25-18)15-5-3-6-17(11-15)26-14-16-13-23-9-2-1-8-19(23)22-16/h1-11,13H,12,14H2,(H,21,24). The molecule has 0 fully saturated rings. The van der Waals surface area contributed by atoms with E-state index in [2.05, 4.69) is 10.3 Å². The van der Waals surface area contributed by atoms with Crippen molar-refractivity contribution in [3.8, 4) is 5.75 Å². The molecule has 1 N–H and O–H groups in total. The lowest BCUT2D eigenvalue weighted by molar-refractivity contribution is 0.0947. The number of carbonyl (C=O) groups excluding carboxylic acids is 1. The number of fused-ring (bicyclic) bond motifs is 1. The molecule has 130 valence electrons. The average molecular weight is 347 g/mol. The summed E-state index contributed by atoms with van der Waals surface area (Å²) in [5.74, 6) is 1.14. The predicted molar refractivity (Wildman–Crippen MR) is 95.8 cm³/mol. The number of nitrogens with zero attached hydrogens (tertiary/aromatic N) is 2. The van der Waals surface area contributed by atoms with Crippen LogP contribution in [0.15, 0.2) is 77.7 Å². The summed E-state index contributed by atoms with van der Waals surface area (Å²) in [6, 6.07) is 16.5. The van der Waals surface area contributed by atoms with Crippen LogP contribution in [-0.4, -0.2) is 15.3 Å². The summed E-state index contributed by atoms with van der Waals surface area (Å²) in [7, 11) is 0. The van der Waals surface area contributed by atoms with Gasteiger partial charge < -0.3 is 18.9 Å². The van der Waals surface area contributed by atoms with Crippen LogP contribution in [0.1, 0.15) is 21.8 Å². The Bertz CT molecular complexity index is 989. The molecule has 3 heterocycles. The fraction of sp³-hybridized carbons (Fsp3) is 0.100. The number of hydrogen-bond donors (Lipinski definition) is 1. The minimum Gasteiger partial charge on any atom is -0.487 e. The van der Waals surface area contributed by atoms with Gasteiger partial charge in [0, 0.05) is 18.0 Å². The molecule has 4 aromatic rings. The average Bonchev–Trinajstić information content (AvgIpc) is 3.33. The molecule has 3 aromatic heterocycles. The predicted octanol–water partition coefficient (Wildman–Crippen LogP) is 3.44. The maximum atomic E-state index is 12.3. The van der Waals surface area contributed by atoms with Gasteiger partial charge in [-0.1, -0.05) is 12.1 Å². The molecule has 0 bridgehead atoms. The molecule has 6 nitrogen and oxygen atoms in total. The molecule has 0 aliphatic rings. The summed E-state index contributed by atoms with van der Waals surface area (Å²) in [6.45, 7) is 0.678. The third-order valence-electron chi connectivity index (χ3n) is 3.90. The van der Waals surface area contributed by atoms with E-state index in [4.69, 9.17) is 9.15 Å².